The molecule has 22 heavy (non-hydrogen) atoms. The first kappa shape index (κ1) is 19.7. The molecule has 116 valence electrons. The predicted molar refractivity (Wildman–Crippen MR) is 96.0 cm³/mol. The molecule has 2 rings (SSSR count). The van der Waals surface area contributed by atoms with Gasteiger partial charge in [-0.05, 0) is 29.2 Å². The summed E-state index contributed by atoms with van der Waals surface area (Å²) in [6.07, 6.45) is 13.9. The molecule has 2 aromatic rings. The van der Waals surface area contributed by atoms with Gasteiger partial charge in [-0.2, -0.15) is 0 Å². The van der Waals surface area contributed by atoms with Gasteiger partial charge in [-0.15, -0.1) is 0 Å². The van der Waals surface area contributed by atoms with Crippen LogP contribution in [0, 0.1) is 0 Å². The van der Waals surface area contributed by atoms with Gasteiger partial charge < -0.3 is 1.43 Å². The van der Waals surface area contributed by atoms with Gasteiger partial charge in [0.15, 0.2) is 0 Å². The number of aryl methyl sites for hydroxylation is 1. The summed E-state index contributed by atoms with van der Waals surface area (Å²) in [7, 11) is 0. The van der Waals surface area contributed by atoms with E-state index in [1.807, 2.05) is 0 Å². The van der Waals surface area contributed by atoms with Crippen LogP contribution in [0.25, 0.3) is 10.8 Å². The maximum absolute atomic E-state index is 2.30. The Labute approximate surface area is 160 Å². The molecule has 2 aromatic carbocycles. The second-order valence-corrected chi connectivity index (χ2v) is 6.22. The normalized spacial score (nSPS) is 10.6. The topological polar surface area (TPSA) is 0 Å². The van der Waals surface area contributed by atoms with E-state index < -0.39 is 0 Å². The minimum atomic E-state index is 0. The van der Waals surface area contributed by atoms with Crippen LogP contribution in [0.1, 0.15) is 71.7 Å². The molecule has 1 heteroatoms. The molecule has 0 N–H and O–H groups in total. The summed E-state index contributed by atoms with van der Waals surface area (Å²) < 4.78 is 0. The number of fused-ring (bicyclic) bond motifs is 1. The first-order chi connectivity index (χ1) is 10.4. The molecule has 0 aliphatic heterocycles. The number of hydrogen-bond donors (Lipinski definition) is 0. The fraction of sp³-hybridized carbons (Fsp3) is 0.524. The second-order valence-electron chi connectivity index (χ2n) is 6.22. The SMILES string of the molecule is CCCCCCCCCCCc1cccc2ccccc12.[H-].[Na+]. The summed E-state index contributed by atoms with van der Waals surface area (Å²) in [6, 6.07) is 15.5. The van der Waals surface area contributed by atoms with Crippen LogP contribution < -0.4 is 29.6 Å². The Bertz CT molecular complexity index is 519. The minimum absolute atomic E-state index is 0. The van der Waals surface area contributed by atoms with Crippen LogP contribution in [0.3, 0.4) is 0 Å². The molecule has 0 bridgehead atoms. The van der Waals surface area contributed by atoms with Crippen molar-refractivity contribution in [1.82, 2.24) is 0 Å². The van der Waals surface area contributed by atoms with Gasteiger partial charge in [-0.1, -0.05) is 101 Å². The van der Waals surface area contributed by atoms with Gasteiger partial charge in [0.25, 0.3) is 0 Å². The summed E-state index contributed by atoms with van der Waals surface area (Å²) in [5, 5.41) is 2.82. The molecule has 0 unspecified atom stereocenters. The van der Waals surface area contributed by atoms with Crippen molar-refractivity contribution in [2.75, 3.05) is 0 Å². The van der Waals surface area contributed by atoms with E-state index in [0.717, 1.165) is 0 Å². The summed E-state index contributed by atoms with van der Waals surface area (Å²) in [5.41, 5.74) is 1.52. The first-order valence-electron chi connectivity index (χ1n) is 8.88. The van der Waals surface area contributed by atoms with Crippen LogP contribution in [0.5, 0.6) is 0 Å². The van der Waals surface area contributed by atoms with Gasteiger partial charge in [0.05, 0.1) is 0 Å². The van der Waals surface area contributed by atoms with Crippen LogP contribution in [0.15, 0.2) is 42.5 Å². The molecule has 0 aliphatic carbocycles. The molecule has 0 radical (unpaired) electrons. The van der Waals surface area contributed by atoms with Crippen molar-refractivity contribution in [2.24, 2.45) is 0 Å². The van der Waals surface area contributed by atoms with E-state index in [1.54, 1.807) is 0 Å². The van der Waals surface area contributed by atoms with Crippen LogP contribution in [0.4, 0.5) is 0 Å². The standard InChI is InChI=1S/C21H30.Na.H/c1-2-3-4-5-6-7-8-9-10-14-19-16-13-17-20-15-11-12-18-21(19)20;;/h11-13,15-18H,2-10,14H2,1H3;;/q;+1;-1. The van der Waals surface area contributed by atoms with E-state index in [1.165, 1.54) is 80.5 Å². The quantitative estimate of drug-likeness (QED) is 0.459. The Kier molecular flexibility index (Phi) is 10.9. The Morgan fingerprint density at radius 2 is 1.27 bits per heavy atom. The van der Waals surface area contributed by atoms with Crippen molar-refractivity contribution in [2.45, 2.75) is 71.1 Å². The molecule has 0 heterocycles. The zero-order valence-electron chi connectivity index (χ0n) is 15.6. The molecular formula is C21H31Na. The Balaban J connectivity index is 0.00000242. The van der Waals surface area contributed by atoms with E-state index in [0.29, 0.717) is 0 Å². The molecule has 0 spiro atoms. The molecule has 0 saturated heterocycles. The Morgan fingerprint density at radius 1 is 0.682 bits per heavy atom. The van der Waals surface area contributed by atoms with Crippen LogP contribution in [0.2, 0.25) is 0 Å². The fourth-order valence-electron chi connectivity index (χ4n) is 3.14. The van der Waals surface area contributed by atoms with E-state index in [-0.39, 0.29) is 31.0 Å². The van der Waals surface area contributed by atoms with Crippen LogP contribution in [-0.4, -0.2) is 0 Å². The zero-order chi connectivity index (χ0) is 14.8. The number of hydrogen-bond acceptors (Lipinski definition) is 0. The summed E-state index contributed by atoms with van der Waals surface area (Å²) in [5.74, 6) is 0. The molecular weight excluding hydrogens is 275 g/mol. The maximum Gasteiger partial charge on any atom is 1.00 e. The predicted octanol–water partition coefficient (Wildman–Crippen LogP) is 4.03. The molecule has 0 fully saturated rings. The fourth-order valence-corrected chi connectivity index (χ4v) is 3.14. The number of rotatable bonds is 10. The number of benzene rings is 2. The second kappa shape index (κ2) is 12.2. The van der Waals surface area contributed by atoms with Crippen molar-refractivity contribution in [3.8, 4) is 0 Å². The maximum atomic E-state index is 2.30. The minimum Gasteiger partial charge on any atom is -1.00 e. The van der Waals surface area contributed by atoms with Crippen molar-refractivity contribution in [3.63, 3.8) is 0 Å². The molecule has 0 atom stereocenters. The van der Waals surface area contributed by atoms with Crippen LogP contribution >= 0.6 is 0 Å². The van der Waals surface area contributed by atoms with Crippen molar-refractivity contribution < 1.29 is 31.0 Å². The summed E-state index contributed by atoms with van der Waals surface area (Å²) in [4.78, 5) is 0. The van der Waals surface area contributed by atoms with E-state index >= 15 is 0 Å². The third-order valence-corrected chi connectivity index (χ3v) is 4.43. The number of unbranched alkanes of at least 4 members (excludes halogenated alkanes) is 8. The van der Waals surface area contributed by atoms with Crippen LogP contribution in [-0.2, 0) is 6.42 Å². The van der Waals surface area contributed by atoms with E-state index in [4.69, 9.17) is 0 Å². The third kappa shape index (κ3) is 6.86. The average molecular weight is 306 g/mol. The molecule has 0 aromatic heterocycles. The van der Waals surface area contributed by atoms with Crippen molar-refractivity contribution in [1.29, 1.82) is 0 Å². The van der Waals surface area contributed by atoms with Gasteiger partial charge in [-0.25, -0.2) is 0 Å². The van der Waals surface area contributed by atoms with E-state index in [9.17, 15) is 0 Å². The Morgan fingerprint density at radius 3 is 2.00 bits per heavy atom. The van der Waals surface area contributed by atoms with Gasteiger partial charge in [-0.3, -0.25) is 0 Å². The molecule has 0 nitrogen and oxygen atoms in total. The molecule has 0 aliphatic rings. The van der Waals surface area contributed by atoms with Crippen molar-refractivity contribution >= 4 is 10.8 Å². The van der Waals surface area contributed by atoms with Gasteiger partial charge in [0, 0.05) is 0 Å². The van der Waals surface area contributed by atoms with E-state index in [2.05, 4.69) is 49.4 Å². The summed E-state index contributed by atoms with van der Waals surface area (Å²) in [6.45, 7) is 2.29. The van der Waals surface area contributed by atoms with Crippen molar-refractivity contribution in [3.05, 3.63) is 48.0 Å². The molecule has 0 saturated carbocycles. The smallest absolute Gasteiger partial charge is 1.00 e. The van der Waals surface area contributed by atoms with Gasteiger partial charge in [0.2, 0.25) is 0 Å². The molecule has 0 amide bonds. The first-order valence-corrected chi connectivity index (χ1v) is 8.88. The Hall–Kier alpha value is -0.300. The largest absolute Gasteiger partial charge is 1.00 e. The third-order valence-electron chi connectivity index (χ3n) is 4.43. The monoisotopic (exact) mass is 306 g/mol. The zero-order valence-corrected chi connectivity index (χ0v) is 16.6. The van der Waals surface area contributed by atoms with Gasteiger partial charge in [0.1, 0.15) is 0 Å². The van der Waals surface area contributed by atoms with Gasteiger partial charge >= 0.3 is 29.6 Å². The summed E-state index contributed by atoms with van der Waals surface area (Å²) >= 11 is 0. The average Bonchev–Trinajstić information content (AvgIpc) is 2.53.